The van der Waals surface area contributed by atoms with E-state index in [9.17, 15) is 22.8 Å². The molecule has 1 saturated heterocycles. The Bertz CT molecular complexity index is 646. The Balaban J connectivity index is 1.71. The lowest BCUT2D eigenvalue weighted by Gasteiger charge is -2.24. The van der Waals surface area contributed by atoms with Crippen LogP contribution in [0.4, 0.5) is 18.0 Å². The zero-order valence-corrected chi connectivity index (χ0v) is 13.4. The van der Waals surface area contributed by atoms with Crippen molar-refractivity contribution in [2.75, 3.05) is 13.1 Å². The van der Waals surface area contributed by atoms with Gasteiger partial charge in [-0.2, -0.15) is 13.2 Å². The van der Waals surface area contributed by atoms with Crippen molar-refractivity contribution in [1.29, 1.82) is 0 Å². The van der Waals surface area contributed by atoms with Crippen LogP contribution in [-0.2, 0) is 4.79 Å². The Labute approximate surface area is 142 Å². The molecule has 1 unspecified atom stereocenters. The summed E-state index contributed by atoms with van der Waals surface area (Å²) in [5, 5.41) is 11.8. The fraction of sp³-hybridized carbons (Fsp3) is 0.529. The molecule has 2 N–H and O–H groups in total. The van der Waals surface area contributed by atoms with Crippen molar-refractivity contribution in [3.05, 3.63) is 35.9 Å². The van der Waals surface area contributed by atoms with Gasteiger partial charge in [0.15, 0.2) is 0 Å². The van der Waals surface area contributed by atoms with Crippen LogP contribution in [0, 0.1) is 17.8 Å². The number of alkyl halides is 3. The van der Waals surface area contributed by atoms with Crippen molar-refractivity contribution >= 4 is 12.0 Å². The highest BCUT2D eigenvalue weighted by atomic mass is 19.4. The molecule has 3 atom stereocenters. The van der Waals surface area contributed by atoms with Gasteiger partial charge >= 0.3 is 18.2 Å². The van der Waals surface area contributed by atoms with Crippen LogP contribution in [0.25, 0.3) is 0 Å². The number of carbonyl (C=O) groups is 2. The maximum absolute atomic E-state index is 13.1. The molecule has 1 heterocycles. The number of carbonyl (C=O) groups excluding carboxylic acids is 1. The van der Waals surface area contributed by atoms with Gasteiger partial charge in [-0.3, -0.25) is 4.79 Å². The van der Waals surface area contributed by atoms with Crippen LogP contribution >= 0.6 is 0 Å². The van der Waals surface area contributed by atoms with Gasteiger partial charge in [0.05, 0.1) is 17.9 Å². The van der Waals surface area contributed by atoms with Crippen molar-refractivity contribution in [1.82, 2.24) is 10.2 Å². The molecule has 3 rings (SSSR count). The van der Waals surface area contributed by atoms with Crippen LogP contribution < -0.4 is 5.32 Å². The monoisotopic (exact) mass is 356 g/mol. The molecule has 25 heavy (non-hydrogen) atoms. The molecule has 8 heteroatoms. The Morgan fingerprint density at radius 2 is 1.80 bits per heavy atom. The van der Waals surface area contributed by atoms with E-state index in [4.69, 9.17) is 5.11 Å². The average Bonchev–Trinajstić information content (AvgIpc) is 3.28. The molecule has 5 nitrogen and oxygen atoms in total. The molecule has 2 aliphatic rings. The highest BCUT2D eigenvalue weighted by molar-refractivity contribution is 5.78. The maximum atomic E-state index is 13.1. The van der Waals surface area contributed by atoms with E-state index in [-0.39, 0.29) is 12.0 Å². The number of likely N-dealkylation sites (tertiary alicyclic amines) is 1. The molecule has 136 valence electrons. The first-order valence-electron chi connectivity index (χ1n) is 8.17. The Morgan fingerprint density at radius 3 is 2.28 bits per heavy atom. The fourth-order valence-electron chi connectivity index (χ4n) is 3.34. The topological polar surface area (TPSA) is 69.6 Å². The second-order valence-corrected chi connectivity index (χ2v) is 6.67. The van der Waals surface area contributed by atoms with Crippen LogP contribution in [0.1, 0.15) is 24.4 Å². The Morgan fingerprint density at radius 1 is 1.16 bits per heavy atom. The minimum absolute atomic E-state index is 0.262. The molecule has 0 radical (unpaired) electrons. The van der Waals surface area contributed by atoms with Crippen LogP contribution in [0.2, 0.25) is 0 Å². The molecule has 1 aromatic carbocycles. The molecular weight excluding hydrogens is 337 g/mol. The Kier molecular flexibility index (Phi) is 4.62. The molecular formula is C17H19F3N2O3. The second kappa shape index (κ2) is 6.57. The number of benzene rings is 1. The summed E-state index contributed by atoms with van der Waals surface area (Å²) in [6.07, 6.45) is -2.75. The maximum Gasteiger partial charge on any atom is 0.394 e. The van der Waals surface area contributed by atoms with E-state index in [0.29, 0.717) is 0 Å². The third-order valence-corrected chi connectivity index (χ3v) is 4.88. The number of nitrogens with zero attached hydrogens (tertiary/aromatic N) is 1. The van der Waals surface area contributed by atoms with Gasteiger partial charge in [0, 0.05) is 13.1 Å². The van der Waals surface area contributed by atoms with Gasteiger partial charge in [-0.1, -0.05) is 30.3 Å². The minimum Gasteiger partial charge on any atom is -0.481 e. The van der Waals surface area contributed by atoms with Gasteiger partial charge in [-0.15, -0.1) is 0 Å². The van der Waals surface area contributed by atoms with Crippen LogP contribution in [-0.4, -0.2) is 41.3 Å². The molecule has 0 aromatic heterocycles. The smallest absolute Gasteiger partial charge is 0.394 e. The standard InChI is InChI=1S/C17H19F3N2O3/c18-17(19,20)13-9-22(8-12(13)15(23)24)16(25)21-14(11-6-7-11)10-4-2-1-3-5-10/h1-5,11-14H,6-9H2,(H,21,25)(H,23,24)/t12-,13-,14?/m1/s1. The predicted molar refractivity (Wildman–Crippen MR) is 82.7 cm³/mol. The summed E-state index contributed by atoms with van der Waals surface area (Å²) in [4.78, 5) is 24.6. The van der Waals surface area contributed by atoms with E-state index in [1.807, 2.05) is 30.3 Å². The summed E-state index contributed by atoms with van der Waals surface area (Å²) in [7, 11) is 0. The summed E-state index contributed by atoms with van der Waals surface area (Å²) in [6, 6.07) is 8.36. The number of halogens is 3. The lowest BCUT2D eigenvalue weighted by molar-refractivity contribution is -0.187. The molecule has 2 amide bonds. The molecule has 1 aliphatic carbocycles. The zero-order chi connectivity index (χ0) is 18.2. The van der Waals surface area contributed by atoms with Gasteiger partial charge in [0.2, 0.25) is 0 Å². The third-order valence-electron chi connectivity index (χ3n) is 4.88. The molecule has 1 aliphatic heterocycles. The highest BCUT2D eigenvalue weighted by Gasteiger charge is 2.53. The number of urea groups is 1. The van der Waals surface area contributed by atoms with E-state index >= 15 is 0 Å². The van der Waals surface area contributed by atoms with Gasteiger partial charge in [0.25, 0.3) is 0 Å². The summed E-state index contributed by atoms with van der Waals surface area (Å²) in [5.41, 5.74) is 0.903. The minimum atomic E-state index is -4.65. The van der Waals surface area contributed by atoms with Gasteiger partial charge in [-0.25, -0.2) is 4.79 Å². The Hall–Kier alpha value is -2.25. The van der Waals surface area contributed by atoms with Crippen molar-refractivity contribution in [3.8, 4) is 0 Å². The highest BCUT2D eigenvalue weighted by Crippen LogP contribution is 2.42. The number of nitrogens with one attached hydrogen (secondary N) is 1. The van der Waals surface area contributed by atoms with Crippen molar-refractivity contribution < 1.29 is 27.9 Å². The predicted octanol–water partition coefficient (Wildman–Crippen LogP) is 3.04. The van der Waals surface area contributed by atoms with E-state index in [2.05, 4.69) is 5.32 Å². The molecule has 0 spiro atoms. The van der Waals surface area contributed by atoms with Crippen molar-refractivity contribution in [2.24, 2.45) is 17.8 Å². The number of rotatable bonds is 4. The van der Waals surface area contributed by atoms with Crippen molar-refractivity contribution in [2.45, 2.75) is 25.1 Å². The van der Waals surface area contributed by atoms with E-state index in [0.717, 1.165) is 23.3 Å². The quantitative estimate of drug-likeness (QED) is 0.871. The zero-order valence-electron chi connectivity index (χ0n) is 13.4. The number of aliphatic carboxylic acids is 1. The number of carboxylic acid groups (broad SMARTS) is 1. The molecule has 0 bridgehead atoms. The van der Waals surface area contributed by atoms with E-state index in [1.54, 1.807) is 0 Å². The van der Waals surface area contributed by atoms with E-state index < -0.39 is 43.1 Å². The lowest BCUT2D eigenvalue weighted by Crippen LogP contribution is -2.41. The fourth-order valence-corrected chi connectivity index (χ4v) is 3.34. The molecule has 1 saturated carbocycles. The second-order valence-electron chi connectivity index (χ2n) is 6.67. The number of carboxylic acids is 1. The lowest BCUT2D eigenvalue weighted by atomic mass is 9.96. The number of hydrogen-bond acceptors (Lipinski definition) is 2. The average molecular weight is 356 g/mol. The number of amides is 2. The summed E-state index contributed by atoms with van der Waals surface area (Å²) in [6.45, 7) is -1.06. The first-order valence-corrected chi connectivity index (χ1v) is 8.17. The summed E-state index contributed by atoms with van der Waals surface area (Å²) >= 11 is 0. The van der Waals surface area contributed by atoms with Crippen LogP contribution in [0.15, 0.2) is 30.3 Å². The first kappa shape index (κ1) is 17.6. The summed E-state index contributed by atoms with van der Waals surface area (Å²) < 4.78 is 39.2. The van der Waals surface area contributed by atoms with Gasteiger partial charge in [-0.05, 0) is 24.3 Å². The van der Waals surface area contributed by atoms with Gasteiger partial charge in [0.1, 0.15) is 0 Å². The molecule has 2 fully saturated rings. The summed E-state index contributed by atoms with van der Waals surface area (Å²) in [5.74, 6) is -4.92. The molecule has 1 aromatic rings. The normalized spacial score (nSPS) is 24.8. The van der Waals surface area contributed by atoms with E-state index in [1.165, 1.54) is 0 Å². The van der Waals surface area contributed by atoms with Crippen LogP contribution in [0.3, 0.4) is 0 Å². The van der Waals surface area contributed by atoms with Gasteiger partial charge < -0.3 is 15.3 Å². The van der Waals surface area contributed by atoms with Crippen LogP contribution in [0.5, 0.6) is 0 Å². The van der Waals surface area contributed by atoms with Crippen molar-refractivity contribution in [3.63, 3.8) is 0 Å². The largest absolute Gasteiger partial charge is 0.481 e. The number of hydrogen-bond donors (Lipinski definition) is 2. The first-order chi connectivity index (χ1) is 11.8. The third kappa shape index (κ3) is 3.88. The SMILES string of the molecule is O=C(O)[C@@H]1CN(C(=O)NC(c2ccccc2)C2CC2)C[C@H]1C(F)(F)F.